The van der Waals surface area contributed by atoms with Crippen LogP contribution in [0.25, 0.3) is 0 Å². The van der Waals surface area contributed by atoms with Crippen molar-refractivity contribution >= 4 is 30.1 Å². The minimum atomic E-state index is -5.45. The van der Waals surface area contributed by atoms with Crippen LogP contribution < -0.4 is 16.4 Å². The van der Waals surface area contributed by atoms with Gasteiger partial charge in [-0.2, -0.15) is 0 Å². The van der Waals surface area contributed by atoms with Crippen molar-refractivity contribution in [3.8, 4) is 0 Å². The molecule has 0 N–H and O–H groups in total. The minimum absolute atomic E-state index is 0.0749. The summed E-state index contributed by atoms with van der Waals surface area (Å²) in [7, 11) is -3.81. The molecule has 0 nitrogen and oxygen atoms in total. The Bertz CT molecular complexity index is 1460. The lowest BCUT2D eigenvalue weighted by Gasteiger charge is -2.50. The van der Waals surface area contributed by atoms with E-state index in [9.17, 15) is 13.2 Å². The monoisotopic (exact) mass is 710 g/mol. The largest absolute Gasteiger partial charge is 0.262 e. The van der Waals surface area contributed by atoms with Gasteiger partial charge in [-0.25, -0.2) is 65.9 Å². The molecule has 2 aliphatic rings. The van der Waals surface area contributed by atoms with Crippen LogP contribution in [0.2, 0.25) is 0 Å². The van der Waals surface area contributed by atoms with Gasteiger partial charge in [0.05, 0.1) is 0 Å². The van der Waals surface area contributed by atoms with E-state index in [0.717, 1.165) is 0 Å². The molecule has 0 aliphatic heterocycles. The smallest absolute Gasteiger partial charge is 0.207 e. The number of halogens is 15. The lowest BCUT2D eigenvalue weighted by molar-refractivity contribution is 0.380. The third kappa shape index (κ3) is 5.31. The summed E-state index contributed by atoms with van der Waals surface area (Å²) in [6, 6.07) is 0. The standard InChI is InChI=1S/C30H23BF15P/c32-16-13(17(33)23(39)28(44)22(16)38)31(14-18(34)24(40)29(45)25(41)19(14)35,15-20(36)26(42)30(46)27(43)21(15)37)47(11-7-3-1-4-8-11)12-9-5-2-6-10-12/h11-12,47H,1-10H2. The Labute approximate surface area is 259 Å². The van der Waals surface area contributed by atoms with Crippen LogP contribution in [0.1, 0.15) is 64.2 Å². The molecule has 5 rings (SSSR count). The summed E-state index contributed by atoms with van der Waals surface area (Å²) >= 11 is 0. The van der Waals surface area contributed by atoms with Gasteiger partial charge in [-0.3, -0.25) is 0 Å². The van der Waals surface area contributed by atoms with Crippen LogP contribution in [0.3, 0.4) is 0 Å². The predicted molar refractivity (Wildman–Crippen MR) is 145 cm³/mol. The Morgan fingerprint density at radius 1 is 0.298 bits per heavy atom. The van der Waals surface area contributed by atoms with Gasteiger partial charge in [-0.05, 0) is 51.4 Å². The van der Waals surface area contributed by atoms with E-state index in [1.165, 1.54) is 0 Å². The van der Waals surface area contributed by atoms with Crippen LogP contribution >= 0.6 is 7.80 Å². The maximum atomic E-state index is 16.1. The number of rotatable bonds is 6. The van der Waals surface area contributed by atoms with E-state index in [1.54, 1.807) is 0 Å². The first-order chi connectivity index (χ1) is 22.1. The molecule has 0 amide bonds. The van der Waals surface area contributed by atoms with Crippen LogP contribution in [-0.2, 0) is 0 Å². The Morgan fingerprint density at radius 2 is 0.489 bits per heavy atom. The van der Waals surface area contributed by atoms with Gasteiger partial charge in [-0.1, -0.05) is 29.2 Å². The highest BCUT2D eigenvalue weighted by molar-refractivity contribution is 8.02. The average molecular weight is 710 g/mol. The van der Waals surface area contributed by atoms with Gasteiger partial charge in [0.2, 0.25) is 0 Å². The van der Waals surface area contributed by atoms with Gasteiger partial charge in [0.25, 0.3) is 5.87 Å². The summed E-state index contributed by atoms with van der Waals surface area (Å²) in [4.78, 5) is 0. The molecule has 0 heterocycles. The van der Waals surface area contributed by atoms with Gasteiger partial charge in [0, 0.05) is 11.3 Å². The normalized spacial score (nSPS) is 16.9. The average Bonchev–Trinajstić information content (AvgIpc) is 3.07. The summed E-state index contributed by atoms with van der Waals surface area (Å²) in [6.07, 6.45) is 1.61. The van der Waals surface area contributed by atoms with E-state index >= 15 is 52.7 Å². The molecule has 3 aromatic carbocycles. The fourth-order valence-corrected chi connectivity index (χ4v) is 13.8. The molecule has 0 atom stereocenters. The summed E-state index contributed by atoms with van der Waals surface area (Å²) in [5.41, 5.74) is -9.57. The second-order valence-electron chi connectivity index (χ2n) is 12.0. The van der Waals surface area contributed by atoms with Crippen molar-refractivity contribution in [2.24, 2.45) is 0 Å². The molecule has 0 radical (unpaired) electrons. The molecular formula is C30H23BF15P. The molecule has 2 aliphatic carbocycles. The fourth-order valence-electron chi connectivity index (χ4n) is 7.85. The zero-order valence-electron chi connectivity index (χ0n) is 24.0. The van der Waals surface area contributed by atoms with Crippen LogP contribution in [0.4, 0.5) is 65.9 Å². The molecule has 17 heteroatoms. The number of benzene rings is 3. The molecule has 3 aromatic rings. The first kappa shape index (κ1) is 35.4. The van der Waals surface area contributed by atoms with E-state index in [4.69, 9.17) is 0 Å². The molecule has 2 fully saturated rings. The minimum Gasteiger partial charge on any atom is -0.207 e. The molecule has 0 bridgehead atoms. The van der Waals surface area contributed by atoms with Gasteiger partial charge in [0.1, 0.15) is 34.9 Å². The van der Waals surface area contributed by atoms with Gasteiger partial charge < -0.3 is 0 Å². The summed E-state index contributed by atoms with van der Waals surface area (Å²) in [5, 5.41) is 0. The van der Waals surface area contributed by atoms with Crippen LogP contribution in [-0.4, -0.2) is 17.2 Å². The Balaban J connectivity index is 2.20. The first-order valence-electron chi connectivity index (χ1n) is 14.7. The van der Waals surface area contributed by atoms with Crippen LogP contribution in [0.5, 0.6) is 0 Å². The zero-order valence-corrected chi connectivity index (χ0v) is 25.0. The van der Waals surface area contributed by atoms with Crippen molar-refractivity contribution in [3.05, 3.63) is 87.3 Å². The van der Waals surface area contributed by atoms with E-state index in [1.807, 2.05) is 0 Å². The summed E-state index contributed by atoms with van der Waals surface area (Å²) < 4.78 is 230. The maximum Gasteiger partial charge on any atom is 0.262 e. The highest BCUT2D eigenvalue weighted by Gasteiger charge is 2.61. The van der Waals surface area contributed by atoms with E-state index < -0.39 is 129 Å². The van der Waals surface area contributed by atoms with Crippen molar-refractivity contribution in [3.63, 3.8) is 0 Å². The zero-order chi connectivity index (χ0) is 34.7. The van der Waals surface area contributed by atoms with E-state index in [0.29, 0.717) is 12.8 Å². The van der Waals surface area contributed by atoms with Crippen molar-refractivity contribution in [2.75, 3.05) is 0 Å². The van der Waals surface area contributed by atoms with Gasteiger partial charge in [0.15, 0.2) is 52.4 Å². The van der Waals surface area contributed by atoms with Gasteiger partial charge >= 0.3 is 0 Å². The highest BCUT2D eigenvalue weighted by Crippen LogP contribution is 2.62. The number of hydrogen-bond acceptors (Lipinski definition) is 0. The topological polar surface area (TPSA) is 0 Å². The quantitative estimate of drug-likeness (QED) is 0.0791. The third-order valence-electron chi connectivity index (χ3n) is 9.68. The highest BCUT2D eigenvalue weighted by atomic mass is 31.1. The maximum absolute atomic E-state index is 16.1. The van der Waals surface area contributed by atoms with Crippen molar-refractivity contribution in [2.45, 2.75) is 75.5 Å². The Kier molecular flexibility index (Phi) is 9.94. The molecule has 0 saturated heterocycles. The molecular weight excluding hydrogens is 687 g/mol. The van der Waals surface area contributed by atoms with Gasteiger partial charge in [-0.15, -0.1) is 7.80 Å². The second kappa shape index (κ2) is 13.2. The lowest BCUT2D eigenvalue weighted by atomic mass is 9.33. The summed E-state index contributed by atoms with van der Waals surface area (Å²) in [6.45, 7) is 0. The Hall–Kier alpha value is -2.90. The third-order valence-corrected chi connectivity index (χ3v) is 14.6. The SMILES string of the molecule is Fc1c(F)c(F)c([B-](c2c(F)c(F)c(F)c(F)c2F)(c2c(F)c(F)c(F)c(F)c2F)[PH+](C2CCCCC2)C2CCCCC2)c(F)c1F. The van der Waals surface area contributed by atoms with Crippen molar-refractivity contribution in [1.29, 1.82) is 0 Å². The predicted octanol–water partition coefficient (Wildman–Crippen LogP) is 8.62. The fraction of sp³-hybridized carbons (Fsp3) is 0.400. The second-order valence-corrected chi connectivity index (χ2v) is 15.5. The number of hydrogen-bond donors (Lipinski definition) is 0. The van der Waals surface area contributed by atoms with E-state index in [-0.39, 0.29) is 51.4 Å². The molecule has 0 aromatic heterocycles. The summed E-state index contributed by atoms with van der Waals surface area (Å²) in [5.74, 6) is -49.0. The van der Waals surface area contributed by atoms with Crippen molar-refractivity contribution < 1.29 is 65.9 Å². The van der Waals surface area contributed by atoms with E-state index in [2.05, 4.69) is 0 Å². The molecule has 47 heavy (non-hydrogen) atoms. The molecule has 0 unspecified atom stereocenters. The lowest BCUT2D eigenvalue weighted by Crippen LogP contribution is -2.73. The van der Waals surface area contributed by atoms with Crippen LogP contribution in [0.15, 0.2) is 0 Å². The van der Waals surface area contributed by atoms with Crippen molar-refractivity contribution in [1.82, 2.24) is 0 Å². The molecule has 0 spiro atoms. The van der Waals surface area contributed by atoms with Crippen LogP contribution in [0, 0.1) is 87.3 Å². The molecule has 2 saturated carbocycles. The first-order valence-corrected chi connectivity index (χ1v) is 16.4. The Morgan fingerprint density at radius 3 is 0.702 bits per heavy atom. The molecule has 256 valence electrons.